The molecular formula is C9H7F4. The molecule has 4 heteroatoms. The molecule has 0 nitrogen and oxygen atoms in total. The van der Waals surface area contributed by atoms with Crippen molar-refractivity contribution in [2.45, 2.75) is 6.92 Å². The summed E-state index contributed by atoms with van der Waals surface area (Å²) in [5, 5.41) is 0. The van der Waals surface area contributed by atoms with Gasteiger partial charge in [-0.25, -0.2) is 13.2 Å². The van der Waals surface area contributed by atoms with Crippen molar-refractivity contribution in [1.82, 2.24) is 0 Å². The topological polar surface area (TPSA) is 0 Å². The molecule has 0 aliphatic carbocycles. The van der Waals surface area contributed by atoms with E-state index in [9.17, 15) is 17.6 Å². The van der Waals surface area contributed by atoms with Crippen molar-refractivity contribution in [3.63, 3.8) is 0 Å². The molecule has 0 saturated heterocycles. The molecule has 0 aliphatic rings. The standard InChI is InChI=1S/C9H7F4/c1-5(4-10)6-2-7(11)9(13)8(12)3-6/h2-3H,4H2,1H3. The molecule has 0 unspecified atom stereocenters. The predicted molar refractivity (Wildman–Crippen MR) is 40.3 cm³/mol. The fraction of sp³-hybridized carbons (Fsp3) is 0.222. The highest BCUT2D eigenvalue weighted by Gasteiger charge is 2.14. The second-order valence-electron chi connectivity index (χ2n) is 2.67. The first-order valence-corrected chi connectivity index (χ1v) is 3.59. The maximum Gasteiger partial charge on any atom is 0.194 e. The molecule has 1 rings (SSSR count). The molecule has 0 N–H and O–H groups in total. The third kappa shape index (κ3) is 1.99. The summed E-state index contributed by atoms with van der Waals surface area (Å²) in [7, 11) is 0. The highest BCUT2D eigenvalue weighted by atomic mass is 19.2. The van der Waals surface area contributed by atoms with Crippen LogP contribution >= 0.6 is 0 Å². The van der Waals surface area contributed by atoms with Crippen LogP contribution in [0.1, 0.15) is 12.5 Å². The van der Waals surface area contributed by atoms with Crippen molar-refractivity contribution in [2.75, 3.05) is 6.67 Å². The Bertz CT molecular complexity index is 285. The van der Waals surface area contributed by atoms with Gasteiger partial charge < -0.3 is 0 Å². The zero-order valence-electron chi connectivity index (χ0n) is 6.87. The second-order valence-corrected chi connectivity index (χ2v) is 2.67. The lowest BCUT2D eigenvalue weighted by Crippen LogP contribution is -2.01. The number of benzene rings is 1. The van der Waals surface area contributed by atoms with E-state index in [-0.39, 0.29) is 11.5 Å². The fourth-order valence-electron chi connectivity index (χ4n) is 0.879. The molecule has 0 atom stereocenters. The third-order valence-electron chi connectivity index (χ3n) is 1.68. The Kier molecular flexibility index (Phi) is 2.90. The van der Waals surface area contributed by atoms with E-state index in [4.69, 9.17) is 0 Å². The Labute approximate surface area is 73.2 Å². The molecular weight excluding hydrogens is 184 g/mol. The quantitative estimate of drug-likeness (QED) is 0.498. The smallest absolute Gasteiger partial charge is 0.194 e. The van der Waals surface area contributed by atoms with Crippen LogP contribution in [0.5, 0.6) is 0 Å². The fourth-order valence-corrected chi connectivity index (χ4v) is 0.879. The number of hydrogen-bond acceptors (Lipinski definition) is 0. The van der Waals surface area contributed by atoms with Gasteiger partial charge in [0.05, 0.1) is 6.67 Å². The highest BCUT2D eigenvalue weighted by Crippen LogP contribution is 2.20. The SMILES string of the molecule is C[C](CF)c1cc(F)c(F)c(F)c1. The minimum absolute atomic E-state index is 0.0406. The van der Waals surface area contributed by atoms with E-state index >= 15 is 0 Å². The number of rotatable bonds is 2. The van der Waals surface area contributed by atoms with Crippen LogP contribution in [-0.2, 0) is 0 Å². The van der Waals surface area contributed by atoms with Gasteiger partial charge in [0.2, 0.25) is 0 Å². The van der Waals surface area contributed by atoms with Gasteiger partial charge in [-0.3, -0.25) is 4.39 Å². The van der Waals surface area contributed by atoms with Crippen molar-refractivity contribution in [1.29, 1.82) is 0 Å². The lowest BCUT2D eigenvalue weighted by atomic mass is 10.0. The molecule has 0 aromatic heterocycles. The van der Waals surface area contributed by atoms with E-state index in [1.165, 1.54) is 6.92 Å². The van der Waals surface area contributed by atoms with E-state index < -0.39 is 24.1 Å². The van der Waals surface area contributed by atoms with Crippen LogP contribution in [0.15, 0.2) is 12.1 Å². The molecule has 1 radical (unpaired) electrons. The summed E-state index contributed by atoms with van der Waals surface area (Å²) in [5.74, 6) is -3.97. The predicted octanol–water partition coefficient (Wildman–Crippen LogP) is 3.02. The van der Waals surface area contributed by atoms with Crippen LogP contribution < -0.4 is 0 Å². The summed E-state index contributed by atoms with van der Waals surface area (Å²) in [4.78, 5) is 0. The number of hydrogen-bond donors (Lipinski definition) is 0. The Morgan fingerprint density at radius 1 is 1.15 bits per heavy atom. The molecule has 1 aromatic rings. The Morgan fingerprint density at radius 2 is 1.62 bits per heavy atom. The summed E-state index contributed by atoms with van der Waals surface area (Å²) in [5.41, 5.74) is 0.0406. The molecule has 0 saturated carbocycles. The molecule has 0 spiro atoms. The molecule has 0 aliphatic heterocycles. The van der Waals surface area contributed by atoms with Crippen molar-refractivity contribution in [3.8, 4) is 0 Å². The van der Waals surface area contributed by atoms with Crippen LogP contribution in [0.3, 0.4) is 0 Å². The number of alkyl halides is 1. The molecule has 0 amide bonds. The normalized spacial score (nSPS) is 10.9. The minimum atomic E-state index is -1.53. The Hall–Kier alpha value is -1.06. The molecule has 1 aromatic carbocycles. The van der Waals surface area contributed by atoms with Gasteiger partial charge in [-0.2, -0.15) is 0 Å². The molecule has 13 heavy (non-hydrogen) atoms. The summed E-state index contributed by atoms with van der Waals surface area (Å²) >= 11 is 0. The van der Waals surface area contributed by atoms with Gasteiger partial charge in [-0.15, -0.1) is 0 Å². The van der Waals surface area contributed by atoms with Gasteiger partial charge >= 0.3 is 0 Å². The van der Waals surface area contributed by atoms with Crippen molar-refractivity contribution >= 4 is 0 Å². The van der Waals surface area contributed by atoms with Gasteiger partial charge in [-0.1, -0.05) is 6.92 Å². The number of halogens is 4. The van der Waals surface area contributed by atoms with E-state index in [0.29, 0.717) is 0 Å². The van der Waals surface area contributed by atoms with Gasteiger partial charge in [0, 0.05) is 5.92 Å². The zero-order chi connectivity index (χ0) is 10.0. The maximum atomic E-state index is 12.6. The molecule has 0 bridgehead atoms. The highest BCUT2D eigenvalue weighted by molar-refractivity contribution is 5.31. The van der Waals surface area contributed by atoms with E-state index in [1.54, 1.807) is 0 Å². The minimum Gasteiger partial charge on any atom is -0.250 e. The van der Waals surface area contributed by atoms with E-state index in [2.05, 4.69) is 0 Å². The lowest BCUT2D eigenvalue weighted by Gasteiger charge is -2.06. The average Bonchev–Trinajstić information content (AvgIpc) is 2.12. The second kappa shape index (κ2) is 3.77. The largest absolute Gasteiger partial charge is 0.250 e. The van der Waals surface area contributed by atoms with Crippen molar-refractivity contribution < 1.29 is 17.6 Å². The summed E-state index contributed by atoms with van der Waals surface area (Å²) in [6.07, 6.45) is 0. The maximum absolute atomic E-state index is 12.6. The Morgan fingerprint density at radius 3 is 2.00 bits per heavy atom. The van der Waals surface area contributed by atoms with Crippen molar-refractivity contribution in [3.05, 3.63) is 41.1 Å². The van der Waals surface area contributed by atoms with Crippen LogP contribution in [-0.4, -0.2) is 6.67 Å². The van der Waals surface area contributed by atoms with Crippen LogP contribution in [0.2, 0.25) is 0 Å². The molecule has 71 valence electrons. The first kappa shape index (κ1) is 10.0. The van der Waals surface area contributed by atoms with Crippen molar-refractivity contribution in [2.24, 2.45) is 0 Å². The van der Waals surface area contributed by atoms with Crippen LogP contribution in [0.4, 0.5) is 17.6 Å². The lowest BCUT2D eigenvalue weighted by molar-refractivity contribution is 0.444. The van der Waals surface area contributed by atoms with E-state index in [1.807, 2.05) is 0 Å². The molecule has 0 fully saturated rings. The monoisotopic (exact) mass is 191 g/mol. The average molecular weight is 191 g/mol. The first-order valence-electron chi connectivity index (χ1n) is 3.59. The molecule has 0 heterocycles. The summed E-state index contributed by atoms with van der Waals surface area (Å²) < 4.78 is 49.7. The van der Waals surface area contributed by atoms with Gasteiger partial charge in [0.1, 0.15) is 0 Å². The van der Waals surface area contributed by atoms with Gasteiger partial charge in [0.25, 0.3) is 0 Å². The van der Waals surface area contributed by atoms with E-state index in [0.717, 1.165) is 12.1 Å². The first-order chi connectivity index (χ1) is 6.06. The Balaban J connectivity index is 3.13. The third-order valence-corrected chi connectivity index (χ3v) is 1.68. The summed E-state index contributed by atoms with van der Waals surface area (Å²) in [6.45, 7) is 0.566. The summed E-state index contributed by atoms with van der Waals surface area (Å²) in [6, 6.07) is 1.54. The van der Waals surface area contributed by atoms with Crippen LogP contribution in [0, 0.1) is 23.4 Å². The van der Waals surface area contributed by atoms with Gasteiger partial charge in [-0.05, 0) is 17.7 Å². The van der Waals surface area contributed by atoms with Gasteiger partial charge in [0.15, 0.2) is 17.5 Å². The van der Waals surface area contributed by atoms with Crippen LogP contribution in [0.25, 0.3) is 0 Å². The zero-order valence-corrected chi connectivity index (χ0v) is 6.87.